The zero-order chi connectivity index (χ0) is 24.1. The van der Waals surface area contributed by atoms with E-state index in [4.69, 9.17) is 0 Å². The van der Waals surface area contributed by atoms with Gasteiger partial charge in [-0.05, 0) is 43.5 Å². The lowest BCUT2D eigenvalue weighted by Gasteiger charge is -2.28. The molecular formula is C26H28N6O2. The summed E-state index contributed by atoms with van der Waals surface area (Å²) in [5.74, 6) is 0.501. The summed E-state index contributed by atoms with van der Waals surface area (Å²) in [7, 11) is 3.61. The van der Waals surface area contributed by atoms with E-state index >= 15 is 0 Å². The molecule has 0 aliphatic rings. The molecule has 0 fully saturated rings. The van der Waals surface area contributed by atoms with Crippen molar-refractivity contribution in [3.05, 3.63) is 89.8 Å². The van der Waals surface area contributed by atoms with Gasteiger partial charge in [-0.2, -0.15) is 0 Å². The first kappa shape index (κ1) is 23.1. The van der Waals surface area contributed by atoms with Crippen LogP contribution in [0.5, 0.6) is 0 Å². The largest absolute Gasteiger partial charge is 0.349 e. The number of fused-ring (bicyclic) bond motifs is 1. The second-order valence-electron chi connectivity index (χ2n) is 8.28. The molecule has 0 saturated carbocycles. The lowest BCUT2D eigenvalue weighted by atomic mass is 10.0. The predicted octanol–water partition coefficient (Wildman–Crippen LogP) is 3.18. The van der Waals surface area contributed by atoms with Crippen LogP contribution in [0.25, 0.3) is 11.0 Å². The van der Waals surface area contributed by atoms with E-state index in [0.29, 0.717) is 36.7 Å². The van der Waals surface area contributed by atoms with Crippen molar-refractivity contribution in [3.63, 3.8) is 0 Å². The first-order chi connectivity index (χ1) is 16.4. The first-order valence-electron chi connectivity index (χ1n) is 11.2. The number of hydrogen-bond donors (Lipinski definition) is 1. The Hall–Kier alpha value is -4.07. The highest BCUT2D eigenvalue weighted by Crippen LogP contribution is 2.16. The minimum Gasteiger partial charge on any atom is -0.349 e. The van der Waals surface area contributed by atoms with Crippen LogP contribution in [0.4, 0.5) is 0 Å². The monoisotopic (exact) mass is 456 g/mol. The van der Waals surface area contributed by atoms with Crippen molar-refractivity contribution in [2.75, 3.05) is 13.6 Å². The van der Waals surface area contributed by atoms with Crippen LogP contribution in [0.2, 0.25) is 0 Å². The summed E-state index contributed by atoms with van der Waals surface area (Å²) >= 11 is 0. The van der Waals surface area contributed by atoms with Gasteiger partial charge in [0.15, 0.2) is 5.82 Å². The van der Waals surface area contributed by atoms with Gasteiger partial charge in [-0.3, -0.25) is 9.59 Å². The fraction of sp³-hybridized carbons (Fsp3) is 0.269. The molecule has 4 aromatic rings. The average molecular weight is 457 g/mol. The van der Waals surface area contributed by atoms with E-state index in [2.05, 4.69) is 20.3 Å². The molecule has 1 N–H and O–H groups in total. The van der Waals surface area contributed by atoms with Crippen LogP contribution < -0.4 is 5.32 Å². The van der Waals surface area contributed by atoms with Gasteiger partial charge >= 0.3 is 0 Å². The van der Waals surface area contributed by atoms with Crippen LogP contribution in [0, 0.1) is 6.92 Å². The number of para-hydroxylation sites is 2. The minimum atomic E-state index is -0.238. The third-order valence-electron chi connectivity index (χ3n) is 5.93. The molecule has 2 aromatic carbocycles. The summed E-state index contributed by atoms with van der Waals surface area (Å²) in [6.07, 6.45) is 2.83. The number of carbonyl (C=O) groups excluding carboxylic acids is 2. The van der Waals surface area contributed by atoms with Gasteiger partial charge in [0.1, 0.15) is 11.5 Å². The Bertz CT molecular complexity index is 1300. The number of aryl methyl sites for hydroxylation is 2. The number of nitrogens with zero attached hydrogens (tertiary/aromatic N) is 5. The topological polar surface area (TPSA) is 93.0 Å². The van der Waals surface area contributed by atoms with Crippen molar-refractivity contribution in [1.82, 2.24) is 29.7 Å². The molecule has 1 atom stereocenters. The van der Waals surface area contributed by atoms with E-state index in [9.17, 15) is 9.59 Å². The number of aromatic nitrogens is 4. The molecule has 174 valence electrons. The van der Waals surface area contributed by atoms with E-state index in [-0.39, 0.29) is 17.9 Å². The number of hydrogen-bond acceptors (Lipinski definition) is 5. The molecule has 2 aromatic heterocycles. The highest BCUT2D eigenvalue weighted by molar-refractivity contribution is 5.95. The molecule has 4 rings (SSSR count). The van der Waals surface area contributed by atoms with Crippen molar-refractivity contribution in [2.45, 2.75) is 25.8 Å². The summed E-state index contributed by atoms with van der Waals surface area (Å²) in [6.45, 7) is 2.16. The van der Waals surface area contributed by atoms with Crippen molar-refractivity contribution in [3.8, 4) is 0 Å². The quantitative estimate of drug-likeness (QED) is 0.440. The molecule has 2 amide bonds. The molecule has 0 radical (unpaired) electrons. The number of carbonyl (C=O) groups is 2. The van der Waals surface area contributed by atoms with Crippen molar-refractivity contribution >= 4 is 22.8 Å². The lowest BCUT2D eigenvalue weighted by Crippen LogP contribution is -2.41. The highest BCUT2D eigenvalue weighted by atomic mass is 16.2. The fourth-order valence-electron chi connectivity index (χ4n) is 4.02. The molecular weight excluding hydrogens is 428 g/mol. The first-order valence-corrected chi connectivity index (χ1v) is 11.2. The molecule has 0 aliphatic heterocycles. The number of rotatable bonds is 8. The zero-order valence-electron chi connectivity index (χ0n) is 19.6. The summed E-state index contributed by atoms with van der Waals surface area (Å²) in [6, 6.07) is 19.1. The summed E-state index contributed by atoms with van der Waals surface area (Å²) in [5.41, 5.74) is 3.16. The van der Waals surface area contributed by atoms with E-state index in [1.807, 2.05) is 61.6 Å². The Kier molecular flexibility index (Phi) is 6.96. The van der Waals surface area contributed by atoms with Crippen LogP contribution >= 0.6 is 0 Å². The number of nitrogens with one attached hydrogen (secondary N) is 1. The molecule has 0 aliphatic carbocycles. The fourth-order valence-corrected chi connectivity index (χ4v) is 4.02. The average Bonchev–Trinajstić information content (AvgIpc) is 3.19. The number of amides is 2. The summed E-state index contributed by atoms with van der Waals surface area (Å²) < 4.78 is 1.79. The van der Waals surface area contributed by atoms with Gasteiger partial charge in [-0.1, -0.05) is 42.5 Å². The maximum Gasteiger partial charge on any atom is 0.287 e. The van der Waals surface area contributed by atoms with Gasteiger partial charge in [0.25, 0.3) is 11.8 Å². The number of benzene rings is 2. The maximum absolute atomic E-state index is 13.1. The Balaban J connectivity index is 1.47. The van der Waals surface area contributed by atoms with Crippen LogP contribution in [-0.2, 0) is 13.5 Å². The molecule has 2 heterocycles. The predicted molar refractivity (Wildman–Crippen MR) is 130 cm³/mol. The van der Waals surface area contributed by atoms with Gasteiger partial charge in [-0.25, -0.2) is 15.0 Å². The zero-order valence-corrected chi connectivity index (χ0v) is 19.6. The standard InChI is InChI=1S/C26H28N6O2/c1-18-27-16-14-22(29-18)26(34)31(2)20(17-19-9-5-4-6-10-19)13-15-28-25(33)24-30-21-11-7-8-12-23(21)32(24)3/h4-12,14,16,20H,13,15,17H2,1-3H3,(H,28,33). The summed E-state index contributed by atoms with van der Waals surface area (Å²) in [5, 5.41) is 2.97. The maximum atomic E-state index is 13.1. The minimum absolute atomic E-state index is 0.133. The van der Waals surface area contributed by atoms with Crippen molar-refractivity contribution in [1.29, 1.82) is 0 Å². The van der Waals surface area contributed by atoms with Gasteiger partial charge < -0.3 is 14.8 Å². The third kappa shape index (κ3) is 5.11. The summed E-state index contributed by atoms with van der Waals surface area (Å²) in [4.78, 5) is 40.5. The van der Waals surface area contributed by atoms with Gasteiger partial charge in [0.2, 0.25) is 0 Å². The molecule has 0 spiro atoms. The highest BCUT2D eigenvalue weighted by Gasteiger charge is 2.23. The van der Waals surface area contributed by atoms with Crippen LogP contribution in [0.1, 0.15) is 38.9 Å². The van der Waals surface area contributed by atoms with Crippen molar-refractivity contribution in [2.24, 2.45) is 7.05 Å². The second-order valence-corrected chi connectivity index (χ2v) is 8.28. The molecule has 34 heavy (non-hydrogen) atoms. The molecule has 8 nitrogen and oxygen atoms in total. The van der Waals surface area contributed by atoms with Gasteiger partial charge in [0.05, 0.1) is 11.0 Å². The smallest absolute Gasteiger partial charge is 0.287 e. The van der Waals surface area contributed by atoms with Gasteiger partial charge in [-0.15, -0.1) is 0 Å². The van der Waals surface area contributed by atoms with E-state index in [0.717, 1.165) is 16.6 Å². The van der Waals surface area contributed by atoms with E-state index < -0.39 is 0 Å². The SMILES string of the molecule is Cc1nccc(C(=O)N(C)C(CCNC(=O)c2nc3ccccc3n2C)Cc2ccccc2)n1. The lowest BCUT2D eigenvalue weighted by molar-refractivity contribution is 0.0716. The second kappa shape index (κ2) is 10.2. The Labute approximate surface area is 198 Å². The van der Waals surface area contributed by atoms with Crippen molar-refractivity contribution < 1.29 is 9.59 Å². The third-order valence-corrected chi connectivity index (χ3v) is 5.93. The molecule has 1 unspecified atom stereocenters. The Morgan fingerprint density at radius 3 is 2.50 bits per heavy atom. The van der Waals surface area contributed by atoms with Crippen LogP contribution in [-0.4, -0.2) is 55.9 Å². The molecule has 0 saturated heterocycles. The molecule has 0 bridgehead atoms. The van der Waals surface area contributed by atoms with Gasteiger partial charge in [0, 0.05) is 32.9 Å². The van der Waals surface area contributed by atoms with Crippen LogP contribution in [0.3, 0.4) is 0 Å². The van der Waals surface area contributed by atoms with E-state index in [1.165, 1.54) is 0 Å². The Morgan fingerprint density at radius 2 is 1.76 bits per heavy atom. The van der Waals surface area contributed by atoms with Crippen LogP contribution in [0.15, 0.2) is 66.9 Å². The molecule has 8 heteroatoms. The van der Waals surface area contributed by atoms with E-state index in [1.54, 1.807) is 35.7 Å². The number of imidazole rings is 1. The number of likely N-dealkylation sites (N-methyl/N-ethyl adjacent to an activating group) is 1. The Morgan fingerprint density at radius 1 is 1.03 bits per heavy atom. The normalized spacial score (nSPS) is 11.9.